The van der Waals surface area contributed by atoms with Gasteiger partial charge in [-0.2, -0.15) is 0 Å². The van der Waals surface area contributed by atoms with Gasteiger partial charge in [0.25, 0.3) is 0 Å². The number of para-hydroxylation sites is 1. The number of hydrogen-bond donors (Lipinski definition) is 2. The summed E-state index contributed by atoms with van der Waals surface area (Å²) < 4.78 is 1.09. The van der Waals surface area contributed by atoms with E-state index in [4.69, 9.17) is 0 Å². The van der Waals surface area contributed by atoms with E-state index in [1.165, 1.54) is 10.6 Å². The quantitative estimate of drug-likeness (QED) is 0.283. The van der Waals surface area contributed by atoms with Crippen molar-refractivity contribution >= 4 is 57.3 Å². The van der Waals surface area contributed by atoms with Crippen LogP contribution in [0.4, 0.5) is 5.69 Å². The van der Waals surface area contributed by atoms with Gasteiger partial charge in [0.2, 0.25) is 0 Å². The first-order valence-electron chi connectivity index (χ1n) is 9.14. The Balaban J connectivity index is 1.41. The third-order valence-electron chi connectivity index (χ3n) is 4.68. The van der Waals surface area contributed by atoms with Gasteiger partial charge < -0.3 is 15.5 Å². The summed E-state index contributed by atoms with van der Waals surface area (Å²) in [6.45, 7) is 0.689. The monoisotopic (exact) mass is 423 g/mol. The van der Waals surface area contributed by atoms with E-state index in [9.17, 15) is 4.79 Å². The number of likely N-dealkylation sites (N-methyl/N-ethyl adjacent to an activating group) is 1. The van der Waals surface area contributed by atoms with E-state index in [-0.39, 0.29) is 5.37 Å². The molecule has 1 aliphatic heterocycles. The molecular formula is C21H21N5OS2. The number of guanidine groups is 1. The number of fused-ring (bicyclic) bond motifs is 2. The molecule has 0 saturated heterocycles. The molecule has 1 unspecified atom stereocenters. The molecule has 0 bridgehead atoms. The fourth-order valence-electron chi connectivity index (χ4n) is 3.15. The normalized spacial score (nSPS) is 16.8. The molecule has 2 N–H and O–H groups in total. The van der Waals surface area contributed by atoms with Crippen LogP contribution in [0.15, 0.2) is 63.6 Å². The maximum atomic E-state index is 11.6. The number of anilines is 1. The predicted octanol–water partition coefficient (Wildman–Crippen LogP) is 3.57. The molecule has 3 aromatic rings. The Kier molecular flexibility index (Phi) is 5.82. The number of carbonyl (C=O) groups excluding carboxylic acids is 1. The number of allylic oxidation sites excluding steroid dienone is 1. The minimum absolute atomic E-state index is 0.253. The van der Waals surface area contributed by atoms with Crippen LogP contribution in [-0.4, -0.2) is 43.2 Å². The first-order chi connectivity index (χ1) is 14.2. The van der Waals surface area contributed by atoms with Crippen molar-refractivity contribution in [1.82, 2.24) is 15.6 Å². The first-order valence-corrected chi connectivity index (χ1v) is 10.9. The number of rotatable bonds is 5. The Morgan fingerprint density at radius 2 is 2.17 bits per heavy atom. The molecule has 2 heterocycles. The molecule has 148 valence electrons. The predicted molar refractivity (Wildman–Crippen MR) is 123 cm³/mol. The fourth-order valence-corrected chi connectivity index (χ4v) is 5.09. The van der Waals surface area contributed by atoms with Gasteiger partial charge in [0.05, 0.1) is 32.5 Å². The molecular weight excluding hydrogens is 402 g/mol. The summed E-state index contributed by atoms with van der Waals surface area (Å²) in [4.78, 5) is 23.7. The van der Waals surface area contributed by atoms with E-state index >= 15 is 0 Å². The highest BCUT2D eigenvalue weighted by molar-refractivity contribution is 8.00. The summed E-state index contributed by atoms with van der Waals surface area (Å²) in [6.07, 6.45) is 2.61. The zero-order valence-electron chi connectivity index (χ0n) is 16.1. The van der Waals surface area contributed by atoms with Gasteiger partial charge in [-0.1, -0.05) is 30.0 Å². The molecule has 0 aliphatic carbocycles. The Labute approximate surface area is 177 Å². The topological polar surface area (TPSA) is 69.6 Å². The van der Waals surface area contributed by atoms with Gasteiger partial charge in [0.1, 0.15) is 0 Å². The van der Waals surface area contributed by atoms with Crippen LogP contribution in [0, 0.1) is 0 Å². The van der Waals surface area contributed by atoms with Crippen LogP contribution in [0.3, 0.4) is 0 Å². The number of thiazole rings is 1. The average molecular weight is 424 g/mol. The first kappa shape index (κ1) is 19.5. The molecule has 4 rings (SSSR count). The fraction of sp³-hybridized carbons (Fsp3) is 0.190. The number of hydrogen-bond acceptors (Lipinski definition) is 6. The Morgan fingerprint density at radius 3 is 2.97 bits per heavy atom. The zero-order chi connectivity index (χ0) is 20.2. The second-order valence-corrected chi connectivity index (χ2v) is 8.63. The summed E-state index contributed by atoms with van der Waals surface area (Å²) in [5, 5.41) is 6.67. The molecule has 1 atom stereocenters. The lowest BCUT2D eigenvalue weighted by Crippen LogP contribution is -2.43. The van der Waals surface area contributed by atoms with Gasteiger partial charge in [0.15, 0.2) is 12.2 Å². The standard InChI is InChI=1S/C21H21N5OS2/c1-22-21(23-11-20-26(2)17-5-3-4-6-18(17)29-20)25-15(12-27)9-14-7-8-16-19(10-14)28-13-24-16/h3-10,12-13,20H,11H2,1-2H3,(H2,22,23,25)/b15-9-. The second-order valence-electron chi connectivity index (χ2n) is 6.53. The number of nitrogens with zero attached hydrogens (tertiary/aromatic N) is 3. The lowest BCUT2D eigenvalue weighted by molar-refractivity contribution is -0.105. The van der Waals surface area contributed by atoms with Gasteiger partial charge >= 0.3 is 0 Å². The molecule has 2 aromatic carbocycles. The molecule has 8 heteroatoms. The molecule has 1 aliphatic rings. The lowest BCUT2D eigenvalue weighted by Gasteiger charge is -2.22. The summed E-state index contributed by atoms with van der Waals surface area (Å²) in [5.41, 5.74) is 5.40. The molecule has 1 aromatic heterocycles. The van der Waals surface area contributed by atoms with Crippen molar-refractivity contribution in [3.8, 4) is 0 Å². The number of aromatic nitrogens is 1. The minimum atomic E-state index is 0.253. The van der Waals surface area contributed by atoms with Gasteiger partial charge in [-0.05, 0) is 35.9 Å². The molecule has 0 fully saturated rings. The maximum absolute atomic E-state index is 11.6. The van der Waals surface area contributed by atoms with Crippen molar-refractivity contribution in [2.45, 2.75) is 10.3 Å². The van der Waals surface area contributed by atoms with Crippen molar-refractivity contribution in [2.75, 3.05) is 25.5 Å². The molecule has 29 heavy (non-hydrogen) atoms. The third kappa shape index (κ3) is 4.28. The SMILES string of the molecule is CN=C(NCC1Sc2ccccc2N1C)N/C(C=O)=C\c1ccc2ncsc2c1. The summed E-state index contributed by atoms with van der Waals surface area (Å²) >= 11 is 3.40. The number of nitrogens with one attached hydrogen (secondary N) is 2. The minimum Gasteiger partial charge on any atom is -0.360 e. The van der Waals surface area contributed by atoms with Crippen molar-refractivity contribution < 1.29 is 4.79 Å². The van der Waals surface area contributed by atoms with Crippen LogP contribution in [-0.2, 0) is 4.79 Å². The highest BCUT2D eigenvalue weighted by Crippen LogP contribution is 2.41. The Hall–Kier alpha value is -2.84. The van der Waals surface area contributed by atoms with E-state index in [2.05, 4.69) is 56.8 Å². The van der Waals surface area contributed by atoms with Crippen LogP contribution in [0.5, 0.6) is 0 Å². The largest absolute Gasteiger partial charge is 0.360 e. The molecule has 0 spiro atoms. The number of aliphatic imine (C=N–C) groups is 1. The van der Waals surface area contributed by atoms with Crippen LogP contribution in [0.1, 0.15) is 5.56 Å². The average Bonchev–Trinajstić information content (AvgIpc) is 3.34. The van der Waals surface area contributed by atoms with E-state index < -0.39 is 0 Å². The smallest absolute Gasteiger partial charge is 0.195 e. The van der Waals surface area contributed by atoms with Crippen molar-refractivity contribution in [1.29, 1.82) is 0 Å². The third-order valence-corrected chi connectivity index (χ3v) is 6.82. The van der Waals surface area contributed by atoms with Crippen molar-refractivity contribution in [3.05, 3.63) is 59.2 Å². The van der Waals surface area contributed by atoms with E-state index in [1.807, 2.05) is 41.5 Å². The van der Waals surface area contributed by atoms with Gasteiger partial charge in [-0.15, -0.1) is 11.3 Å². The van der Waals surface area contributed by atoms with Gasteiger partial charge in [-0.3, -0.25) is 9.79 Å². The number of benzene rings is 2. The second kappa shape index (κ2) is 8.67. The van der Waals surface area contributed by atoms with Crippen LogP contribution >= 0.6 is 23.1 Å². The van der Waals surface area contributed by atoms with Crippen LogP contribution in [0.25, 0.3) is 16.3 Å². The summed E-state index contributed by atoms with van der Waals surface area (Å²) in [6, 6.07) is 14.3. The summed E-state index contributed by atoms with van der Waals surface area (Å²) in [5.74, 6) is 0.562. The van der Waals surface area contributed by atoms with Crippen molar-refractivity contribution in [2.24, 2.45) is 4.99 Å². The highest BCUT2D eigenvalue weighted by atomic mass is 32.2. The number of carbonyl (C=O) groups is 1. The van der Waals surface area contributed by atoms with E-state index in [0.717, 1.165) is 22.1 Å². The maximum Gasteiger partial charge on any atom is 0.195 e. The summed E-state index contributed by atoms with van der Waals surface area (Å²) in [7, 11) is 3.79. The number of thioether (sulfide) groups is 1. The zero-order valence-corrected chi connectivity index (χ0v) is 17.8. The van der Waals surface area contributed by atoms with Gasteiger partial charge in [-0.25, -0.2) is 4.98 Å². The molecule has 0 saturated carbocycles. The van der Waals surface area contributed by atoms with E-state index in [1.54, 1.807) is 18.4 Å². The molecule has 6 nitrogen and oxygen atoms in total. The highest BCUT2D eigenvalue weighted by Gasteiger charge is 2.26. The van der Waals surface area contributed by atoms with Crippen molar-refractivity contribution in [3.63, 3.8) is 0 Å². The molecule has 0 radical (unpaired) electrons. The van der Waals surface area contributed by atoms with Gasteiger partial charge in [0, 0.05) is 25.5 Å². The van der Waals surface area contributed by atoms with Crippen LogP contribution in [0.2, 0.25) is 0 Å². The number of aldehydes is 1. The lowest BCUT2D eigenvalue weighted by atomic mass is 10.2. The van der Waals surface area contributed by atoms with Crippen LogP contribution < -0.4 is 15.5 Å². The van der Waals surface area contributed by atoms with E-state index in [0.29, 0.717) is 18.2 Å². The Morgan fingerprint density at radius 1 is 1.31 bits per heavy atom. The molecule has 0 amide bonds. The Bertz CT molecular complexity index is 1090.